The molecule has 6 heteroatoms. The summed E-state index contributed by atoms with van der Waals surface area (Å²) in [5, 5.41) is 2.79. The molecule has 6 nitrogen and oxygen atoms in total. The number of aryl methyl sites for hydroxylation is 1. The Bertz CT molecular complexity index is 713. The first-order valence-corrected chi connectivity index (χ1v) is 7.54. The van der Waals surface area contributed by atoms with Gasteiger partial charge in [-0.05, 0) is 26.8 Å². The number of nitrogens with one attached hydrogen (secondary N) is 1. The zero-order valence-electron chi connectivity index (χ0n) is 13.5. The lowest BCUT2D eigenvalue weighted by atomic mass is 10.1. The molecular formula is C17H20N4O2. The number of amides is 2. The van der Waals surface area contributed by atoms with Gasteiger partial charge in [0, 0.05) is 5.56 Å². The van der Waals surface area contributed by atoms with Gasteiger partial charge in [0.2, 0.25) is 0 Å². The normalized spacial score (nSPS) is 16.0. The number of hydrogen-bond acceptors (Lipinski definition) is 4. The van der Waals surface area contributed by atoms with E-state index in [1.54, 1.807) is 17.3 Å². The molecule has 0 bridgehead atoms. The number of aromatic nitrogens is 2. The summed E-state index contributed by atoms with van der Waals surface area (Å²) in [5.74, 6) is 1.26. The van der Waals surface area contributed by atoms with E-state index in [1.165, 1.54) is 0 Å². The number of ether oxygens (including phenoxy) is 1. The molecular weight excluding hydrogens is 292 g/mol. The molecule has 1 N–H and O–H groups in total. The Hall–Kier alpha value is -2.63. The molecule has 0 atom stereocenters. The van der Waals surface area contributed by atoms with Crippen molar-refractivity contribution < 1.29 is 9.53 Å². The second kappa shape index (κ2) is 5.87. The Balaban J connectivity index is 1.81. The molecule has 1 aromatic heterocycles. The summed E-state index contributed by atoms with van der Waals surface area (Å²) in [5.41, 5.74) is 1.33. The summed E-state index contributed by atoms with van der Waals surface area (Å²) < 4.78 is 6.04. The summed E-state index contributed by atoms with van der Waals surface area (Å²) in [6, 6.07) is 7.58. The number of anilines is 1. The standard InChI is InChI=1S/C17H20N4O2/c1-12-8-19-15(9-18-12)20-16(22)21-10-13-6-4-5-7-14(13)23-17(2,3)11-21/h4-9H,10-11H2,1-3H3,(H,19,20,22). The highest BCUT2D eigenvalue weighted by atomic mass is 16.5. The lowest BCUT2D eigenvalue weighted by Crippen LogP contribution is -2.44. The first kappa shape index (κ1) is 15.3. The van der Waals surface area contributed by atoms with E-state index in [2.05, 4.69) is 15.3 Å². The van der Waals surface area contributed by atoms with E-state index < -0.39 is 5.60 Å². The number of nitrogens with zero attached hydrogens (tertiary/aromatic N) is 3. The molecule has 0 fully saturated rings. The van der Waals surface area contributed by atoms with Crippen LogP contribution in [-0.4, -0.2) is 33.0 Å². The second-order valence-corrected chi connectivity index (χ2v) is 6.30. The van der Waals surface area contributed by atoms with Crippen LogP contribution in [0.4, 0.5) is 10.6 Å². The summed E-state index contributed by atoms with van der Waals surface area (Å²) in [6.45, 7) is 6.77. The number of benzene rings is 1. The highest BCUT2D eigenvalue weighted by molar-refractivity contribution is 5.88. The Morgan fingerprint density at radius 1 is 1.26 bits per heavy atom. The van der Waals surface area contributed by atoms with Gasteiger partial charge in [-0.1, -0.05) is 18.2 Å². The van der Waals surface area contributed by atoms with Crippen molar-refractivity contribution in [3.05, 3.63) is 47.9 Å². The zero-order valence-corrected chi connectivity index (χ0v) is 13.5. The van der Waals surface area contributed by atoms with Crippen molar-refractivity contribution in [2.24, 2.45) is 0 Å². The molecule has 0 unspecified atom stereocenters. The number of rotatable bonds is 1. The van der Waals surface area contributed by atoms with Crippen molar-refractivity contribution >= 4 is 11.8 Å². The number of hydrogen-bond donors (Lipinski definition) is 1. The van der Waals surface area contributed by atoms with Gasteiger partial charge in [0.1, 0.15) is 11.4 Å². The number of fused-ring (bicyclic) bond motifs is 1. The van der Waals surface area contributed by atoms with Gasteiger partial charge in [0.25, 0.3) is 0 Å². The first-order chi connectivity index (χ1) is 10.9. The smallest absolute Gasteiger partial charge is 0.323 e. The summed E-state index contributed by atoms with van der Waals surface area (Å²) in [7, 11) is 0. The van der Waals surface area contributed by atoms with Gasteiger partial charge >= 0.3 is 6.03 Å². The van der Waals surface area contributed by atoms with Gasteiger partial charge in [-0.25, -0.2) is 9.78 Å². The molecule has 1 aliphatic heterocycles. The fourth-order valence-electron chi connectivity index (χ4n) is 2.57. The minimum atomic E-state index is -0.469. The maximum absolute atomic E-state index is 12.6. The predicted octanol–water partition coefficient (Wildman–Crippen LogP) is 2.99. The molecule has 2 heterocycles. The average molecular weight is 312 g/mol. The molecule has 0 saturated heterocycles. The zero-order chi connectivity index (χ0) is 16.4. The summed E-state index contributed by atoms with van der Waals surface area (Å²) >= 11 is 0. The highest BCUT2D eigenvalue weighted by Crippen LogP contribution is 2.29. The summed E-state index contributed by atoms with van der Waals surface area (Å²) in [6.07, 6.45) is 3.18. The maximum atomic E-state index is 12.6. The molecule has 2 aromatic rings. The molecule has 1 aliphatic rings. The topological polar surface area (TPSA) is 67.4 Å². The molecule has 0 radical (unpaired) electrons. The molecule has 0 spiro atoms. The largest absolute Gasteiger partial charge is 0.486 e. The fraction of sp³-hybridized carbons (Fsp3) is 0.353. The van der Waals surface area contributed by atoms with Crippen molar-refractivity contribution in [2.75, 3.05) is 11.9 Å². The van der Waals surface area contributed by atoms with Crippen LogP contribution in [0.25, 0.3) is 0 Å². The molecule has 120 valence electrons. The summed E-state index contributed by atoms with van der Waals surface area (Å²) in [4.78, 5) is 22.6. The third kappa shape index (κ3) is 3.59. The Kier molecular flexibility index (Phi) is 3.90. The number of urea groups is 1. The molecule has 0 aliphatic carbocycles. The highest BCUT2D eigenvalue weighted by Gasteiger charge is 2.31. The Morgan fingerprint density at radius 3 is 2.78 bits per heavy atom. The maximum Gasteiger partial charge on any atom is 0.323 e. The molecule has 2 amide bonds. The van der Waals surface area contributed by atoms with E-state index >= 15 is 0 Å². The number of carbonyl (C=O) groups excluding carboxylic acids is 1. The molecule has 23 heavy (non-hydrogen) atoms. The van der Waals surface area contributed by atoms with Crippen LogP contribution in [0.15, 0.2) is 36.7 Å². The molecule has 3 rings (SSSR count). The van der Waals surface area contributed by atoms with Gasteiger partial charge in [-0.15, -0.1) is 0 Å². The van der Waals surface area contributed by atoms with E-state index in [0.717, 1.165) is 17.0 Å². The van der Waals surface area contributed by atoms with E-state index in [4.69, 9.17) is 4.74 Å². The Morgan fingerprint density at radius 2 is 2.04 bits per heavy atom. The average Bonchev–Trinajstić information content (AvgIpc) is 2.64. The minimum absolute atomic E-state index is 0.212. The lowest BCUT2D eigenvalue weighted by Gasteiger charge is -2.29. The van der Waals surface area contributed by atoms with Crippen molar-refractivity contribution in [2.45, 2.75) is 32.9 Å². The van der Waals surface area contributed by atoms with Crippen LogP contribution >= 0.6 is 0 Å². The van der Waals surface area contributed by atoms with Gasteiger partial charge in [0.15, 0.2) is 5.82 Å². The number of para-hydroxylation sites is 1. The van der Waals surface area contributed by atoms with Crippen LogP contribution in [0, 0.1) is 6.92 Å². The van der Waals surface area contributed by atoms with Crippen LogP contribution in [0.5, 0.6) is 5.75 Å². The Labute approximate surface area is 135 Å². The second-order valence-electron chi connectivity index (χ2n) is 6.30. The number of carbonyl (C=O) groups is 1. The lowest BCUT2D eigenvalue weighted by molar-refractivity contribution is 0.0834. The fourth-order valence-corrected chi connectivity index (χ4v) is 2.57. The van der Waals surface area contributed by atoms with E-state index in [-0.39, 0.29) is 6.03 Å². The van der Waals surface area contributed by atoms with Gasteiger partial charge in [-0.2, -0.15) is 0 Å². The van der Waals surface area contributed by atoms with Gasteiger partial charge in [-0.3, -0.25) is 10.3 Å². The van der Waals surface area contributed by atoms with Crippen LogP contribution in [0.2, 0.25) is 0 Å². The van der Waals surface area contributed by atoms with Crippen LogP contribution in [0.1, 0.15) is 25.1 Å². The molecule has 1 aromatic carbocycles. The van der Waals surface area contributed by atoms with Crippen LogP contribution in [-0.2, 0) is 6.54 Å². The van der Waals surface area contributed by atoms with E-state index in [9.17, 15) is 4.79 Å². The van der Waals surface area contributed by atoms with Gasteiger partial charge < -0.3 is 9.64 Å². The van der Waals surface area contributed by atoms with Crippen molar-refractivity contribution in [1.29, 1.82) is 0 Å². The van der Waals surface area contributed by atoms with E-state index in [0.29, 0.717) is 18.9 Å². The SMILES string of the molecule is Cc1cnc(NC(=O)N2Cc3ccccc3OC(C)(C)C2)cn1. The van der Waals surface area contributed by atoms with Crippen molar-refractivity contribution in [3.63, 3.8) is 0 Å². The third-order valence-electron chi connectivity index (χ3n) is 3.59. The predicted molar refractivity (Wildman–Crippen MR) is 87.3 cm³/mol. The monoisotopic (exact) mass is 312 g/mol. The van der Waals surface area contributed by atoms with Crippen LogP contribution < -0.4 is 10.1 Å². The third-order valence-corrected chi connectivity index (χ3v) is 3.59. The van der Waals surface area contributed by atoms with Gasteiger partial charge in [0.05, 0.1) is 31.2 Å². The van der Waals surface area contributed by atoms with Crippen LogP contribution in [0.3, 0.4) is 0 Å². The minimum Gasteiger partial charge on any atom is -0.486 e. The quantitative estimate of drug-likeness (QED) is 0.879. The molecule has 0 saturated carbocycles. The first-order valence-electron chi connectivity index (χ1n) is 7.54. The van der Waals surface area contributed by atoms with Crippen molar-refractivity contribution in [1.82, 2.24) is 14.9 Å². The van der Waals surface area contributed by atoms with E-state index in [1.807, 2.05) is 45.0 Å². The van der Waals surface area contributed by atoms with Crippen molar-refractivity contribution in [3.8, 4) is 5.75 Å².